The largest absolute Gasteiger partial charge is 2.00 e. The molecule has 0 aliphatic carbocycles. The summed E-state index contributed by atoms with van der Waals surface area (Å²) in [6.07, 6.45) is 0. The molecule has 0 bridgehead atoms. The van der Waals surface area contributed by atoms with Crippen LogP contribution in [0.3, 0.4) is 0 Å². The molecule has 0 rings (SSSR count). The van der Waals surface area contributed by atoms with Gasteiger partial charge in [0.25, 0.3) is 0 Å². The maximum absolute atomic E-state index is 0. The topological polar surface area (TPSA) is 91.5 Å². The van der Waals surface area contributed by atoms with E-state index in [0.29, 0.717) is 0 Å². The van der Waals surface area contributed by atoms with Gasteiger partial charge in [-0.15, -0.1) is 0 Å². The van der Waals surface area contributed by atoms with Crippen LogP contribution >= 0.6 is 0 Å². The molecule has 0 aliphatic heterocycles. The molecule has 0 unspecified atom stereocenters. The number of hydrogen-bond acceptors (Lipinski definition) is 0. The van der Waals surface area contributed by atoms with Crippen molar-refractivity contribution in [3.63, 3.8) is 0 Å². The minimum absolute atomic E-state index is 0. The standard InChI is InChI=1S/2Na.2H2O.O/h;;2*1H2;/q2*+1;;;-2. The van der Waals surface area contributed by atoms with E-state index >= 15 is 0 Å². The molecule has 0 heterocycles. The van der Waals surface area contributed by atoms with Gasteiger partial charge >= 0.3 is 59.1 Å². The predicted molar refractivity (Wildman–Crippen MR) is 7.91 cm³/mol. The molecule has 0 saturated heterocycles. The molecule has 0 aliphatic rings. The van der Waals surface area contributed by atoms with Gasteiger partial charge in [0.2, 0.25) is 0 Å². The van der Waals surface area contributed by atoms with Gasteiger partial charge in [-0.25, -0.2) is 0 Å². The first-order valence-corrected chi connectivity index (χ1v) is 0. The molecule has 0 aromatic carbocycles. The third-order valence-corrected chi connectivity index (χ3v) is 0. The Morgan fingerprint density at radius 1 is 0.600 bits per heavy atom. The fourth-order valence-corrected chi connectivity index (χ4v) is 0. The van der Waals surface area contributed by atoms with Crippen molar-refractivity contribution in [3.8, 4) is 0 Å². The van der Waals surface area contributed by atoms with E-state index in [1.807, 2.05) is 0 Å². The summed E-state index contributed by atoms with van der Waals surface area (Å²) in [6.45, 7) is 0. The monoisotopic (exact) mass is 98.0 g/mol. The van der Waals surface area contributed by atoms with Crippen molar-refractivity contribution >= 4 is 0 Å². The Bertz CT molecular complexity index is 4.85. The first kappa shape index (κ1) is 67.3. The van der Waals surface area contributed by atoms with E-state index in [9.17, 15) is 0 Å². The van der Waals surface area contributed by atoms with Gasteiger partial charge < -0.3 is 16.4 Å². The number of hydrogen-bond donors (Lipinski definition) is 0. The Morgan fingerprint density at radius 3 is 0.600 bits per heavy atom. The van der Waals surface area contributed by atoms with Crippen molar-refractivity contribution in [1.29, 1.82) is 0 Å². The zero-order valence-corrected chi connectivity index (χ0v) is 7.41. The first-order valence-electron chi connectivity index (χ1n) is 0. The minimum atomic E-state index is 0. The van der Waals surface area contributed by atoms with Crippen LogP contribution < -0.4 is 59.1 Å². The van der Waals surface area contributed by atoms with Crippen LogP contribution in [-0.2, 0) is 5.48 Å². The van der Waals surface area contributed by atoms with Crippen molar-refractivity contribution in [2.24, 2.45) is 0 Å². The van der Waals surface area contributed by atoms with Gasteiger partial charge in [0.05, 0.1) is 0 Å². The SMILES string of the molecule is O.O.[Na+].[Na+].[O-2]. The Kier molecular flexibility index (Phi) is 533. The average Bonchev–Trinajstić information content (AvgIpc) is 0. The van der Waals surface area contributed by atoms with Crippen molar-refractivity contribution in [3.05, 3.63) is 0 Å². The van der Waals surface area contributed by atoms with Crippen LogP contribution in [0.5, 0.6) is 0 Å². The summed E-state index contributed by atoms with van der Waals surface area (Å²) in [6, 6.07) is 0. The third-order valence-electron chi connectivity index (χ3n) is 0. The molecule has 3 nitrogen and oxygen atoms in total. The van der Waals surface area contributed by atoms with Crippen molar-refractivity contribution in [1.82, 2.24) is 0 Å². The van der Waals surface area contributed by atoms with Gasteiger partial charge in [-0.2, -0.15) is 0 Å². The third kappa shape index (κ3) is 25.0. The molecule has 0 aromatic heterocycles. The first-order chi connectivity index (χ1) is 0. The molecule has 5 heteroatoms. The fourth-order valence-electron chi connectivity index (χ4n) is 0. The molecule has 5 heavy (non-hydrogen) atoms. The molecular formula is H4Na2O3. The van der Waals surface area contributed by atoms with Gasteiger partial charge in [0, 0.05) is 0 Å². The fraction of sp³-hybridized carbons (Fsp3) is 0. The Labute approximate surface area is 74.6 Å². The molecule has 24 valence electrons. The van der Waals surface area contributed by atoms with Gasteiger partial charge in [0.15, 0.2) is 0 Å². The average molecular weight is 98.0 g/mol. The predicted octanol–water partition coefficient (Wildman–Crippen LogP) is -7.76. The van der Waals surface area contributed by atoms with Crippen LogP contribution in [0.2, 0.25) is 0 Å². The Morgan fingerprint density at radius 2 is 0.600 bits per heavy atom. The maximum Gasteiger partial charge on any atom is 1.00 e. The van der Waals surface area contributed by atoms with Crippen LogP contribution in [0.1, 0.15) is 0 Å². The summed E-state index contributed by atoms with van der Waals surface area (Å²) in [7, 11) is 0. The van der Waals surface area contributed by atoms with E-state index in [-0.39, 0.29) is 75.5 Å². The van der Waals surface area contributed by atoms with E-state index in [0.717, 1.165) is 0 Å². The normalized spacial score (nSPS) is 0. The summed E-state index contributed by atoms with van der Waals surface area (Å²) in [5.41, 5.74) is 0. The quantitative estimate of drug-likeness (QED) is 0.269. The van der Waals surface area contributed by atoms with Crippen molar-refractivity contribution in [2.45, 2.75) is 0 Å². The van der Waals surface area contributed by atoms with E-state index in [1.54, 1.807) is 0 Å². The summed E-state index contributed by atoms with van der Waals surface area (Å²) < 4.78 is 0. The zero-order valence-electron chi connectivity index (χ0n) is 3.41. The van der Waals surface area contributed by atoms with Gasteiger partial charge in [-0.1, -0.05) is 0 Å². The van der Waals surface area contributed by atoms with Crippen molar-refractivity contribution in [2.75, 3.05) is 0 Å². The molecule has 0 radical (unpaired) electrons. The second-order valence-electron chi connectivity index (χ2n) is 0. The molecular weight excluding hydrogens is 94.0 g/mol. The second-order valence-corrected chi connectivity index (χ2v) is 0. The summed E-state index contributed by atoms with van der Waals surface area (Å²) in [5.74, 6) is 0. The van der Waals surface area contributed by atoms with Gasteiger partial charge in [-0.05, 0) is 0 Å². The molecule has 0 amide bonds. The molecule has 0 saturated carbocycles. The summed E-state index contributed by atoms with van der Waals surface area (Å²) in [5, 5.41) is 0. The van der Waals surface area contributed by atoms with Crippen LogP contribution in [0.15, 0.2) is 0 Å². The number of rotatable bonds is 0. The minimum Gasteiger partial charge on any atom is -2.00 e. The Hall–Kier alpha value is 1.88. The summed E-state index contributed by atoms with van der Waals surface area (Å²) in [4.78, 5) is 0. The van der Waals surface area contributed by atoms with Crippen LogP contribution in [0.4, 0.5) is 0 Å². The van der Waals surface area contributed by atoms with E-state index < -0.39 is 0 Å². The maximum atomic E-state index is 0. The molecule has 4 N–H and O–H groups in total. The van der Waals surface area contributed by atoms with Gasteiger partial charge in [0.1, 0.15) is 0 Å². The van der Waals surface area contributed by atoms with Gasteiger partial charge in [-0.3, -0.25) is 0 Å². The zero-order chi connectivity index (χ0) is 0. The van der Waals surface area contributed by atoms with Crippen LogP contribution in [0, 0.1) is 0 Å². The van der Waals surface area contributed by atoms with E-state index in [2.05, 4.69) is 0 Å². The molecule has 0 aromatic rings. The molecule has 0 spiro atoms. The smallest absolute Gasteiger partial charge is 1.00 e. The Balaban J connectivity index is 0. The molecule has 0 atom stereocenters. The molecule has 0 fully saturated rings. The second kappa shape index (κ2) is 39.6. The van der Waals surface area contributed by atoms with Crippen LogP contribution in [-0.4, -0.2) is 11.0 Å². The van der Waals surface area contributed by atoms with E-state index in [4.69, 9.17) is 0 Å². The van der Waals surface area contributed by atoms with Crippen molar-refractivity contribution < 1.29 is 75.5 Å². The van der Waals surface area contributed by atoms with Crippen LogP contribution in [0.25, 0.3) is 0 Å². The summed E-state index contributed by atoms with van der Waals surface area (Å²) >= 11 is 0. The van der Waals surface area contributed by atoms with E-state index in [1.165, 1.54) is 0 Å².